The average molecular weight is 457 g/mol. The van der Waals surface area contributed by atoms with Crippen molar-refractivity contribution in [3.8, 4) is 11.5 Å². The average Bonchev–Trinajstić information content (AvgIpc) is 3.53. The van der Waals surface area contributed by atoms with Gasteiger partial charge in [0.2, 0.25) is 0 Å². The number of anilines is 2. The standard InChI is InChI=1S/C25H36N4O4/c1-6-32-22-16-20(28-10-12-31-13-11-28)23(33-7-2)15-19(22)26-24(30)21-14-18(17-8-9-17)27-29(21)25(3,4)5/h14-17H,6-13H2,1-5H3,(H,26,30). The Bertz CT molecular complexity index is 985. The van der Waals surface area contributed by atoms with Gasteiger partial charge in [0.25, 0.3) is 5.91 Å². The SMILES string of the molecule is CCOc1cc(N2CCOCC2)c(OCC)cc1NC(=O)c1cc(C2CC2)nn1C(C)(C)C. The van der Waals surface area contributed by atoms with E-state index in [2.05, 4.69) is 31.0 Å². The molecule has 1 N–H and O–H groups in total. The van der Waals surface area contributed by atoms with Gasteiger partial charge in [-0.05, 0) is 53.5 Å². The molecule has 2 heterocycles. The fourth-order valence-electron chi connectivity index (χ4n) is 4.08. The first-order valence-corrected chi connectivity index (χ1v) is 12.0. The van der Waals surface area contributed by atoms with Crippen LogP contribution in [0.3, 0.4) is 0 Å². The van der Waals surface area contributed by atoms with Crippen molar-refractivity contribution in [1.82, 2.24) is 9.78 Å². The van der Waals surface area contributed by atoms with Gasteiger partial charge in [-0.25, -0.2) is 0 Å². The molecule has 1 saturated carbocycles. The molecule has 1 amide bonds. The summed E-state index contributed by atoms with van der Waals surface area (Å²) in [4.78, 5) is 15.7. The van der Waals surface area contributed by atoms with Gasteiger partial charge in [0.15, 0.2) is 0 Å². The van der Waals surface area contributed by atoms with Crippen LogP contribution in [0, 0.1) is 0 Å². The van der Waals surface area contributed by atoms with Crippen molar-refractivity contribution in [2.24, 2.45) is 0 Å². The number of hydrogen-bond acceptors (Lipinski definition) is 6. The normalized spacial score (nSPS) is 16.6. The van der Waals surface area contributed by atoms with Gasteiger partial charge < -0.3 is 24.4 Å². The zero-order valence-electron chi connectivity index (χ0n) is 20.4. The van der Waals surface area contributed by atoms with E-state index in [9.17, 15) is 4.79 Å². The molecule has 1 aliphatic carbocycles. The van der Waals surface area contributed by atoms with Crippen LogP contribution in [-0.2, 0) is 10.3 Å². The Hall–Kier alpha value is -2.74. The number of rotatable bonds is 8. The third-order valence-corrected chi connectivity index (χ3v) is 5.85. The van der Waals surface area contributed by atoms with E-state index in [0.717, 1.165) is 43.1 Å². The molecule has 4 rings (SSSR count). The molecule has 8 nitrogen and oxygen atoms in total. The molecular weight excluding hydrogens is 420 g/mol. The lowest BCUT2D eigenvalue weighted by atomic mass is 10.1. The number of nitrogens with zero attached hydrogens (tertiary/aromatic N) is 3. The third-order valence-electron chi connectivity index (χ3n) is 5.85. The first kappa shape index (κ1) is 23.4. The molecule has 1 saturated heterocycles. The van der Waals surface area contributed by atoms with Gasteiger partial charge in [-0.2, -0.15) is 5.10 Å². The highest BCUT2D eigenvalue weighted by Crippen LogP contribution is 2.41. The van der Waals surface area contributed by atoms with Gasteiger partial charge in [-0.15, -0.1) is 0 Å². The smallest absolute Gasteiger partial charge is 0.274 e. The minimum atomic E-state index is -0.306. The molecule has 1 aliphatic heterocycles. The molecule has 8 heteroatoms. The van der Waals surface area contributed by atoms with E-state index in [1.807, 2.05) is 36.7 Å². The molecule has 2 aromatic rings. The maximum absolute atomic E-state index is 13.5. The Kier molecular flexibility index (Phi) is 6.83. The van der Waals surface area contributed by atoms with Crippen molar-refractivity contribution < 1.29 is 19.0 Å². The molecular formula is C25H36N4O4. The Balaban J connectivity index is 1.68. The molecule has 2 aliphatic rings. The monoisotopic (exact) mass is 456 g/mol. The van der Waals surface area contributed by atoms with Crippen molar-refractivity contribution in [2.75, 3.05) is 49.7 Å². The molecule has 0 radical (unpaired) electrons. The summed E-state index contributed by atoms with van der Waals surface area (Å²) < 4.78 is 19.2. The molecule has 0 spiro atoms. The van der Waals surface area contributed by atoms with Crippen LogP contribution in [0.5, 0.6) is 11.5 Å². The largest absolute Gasteiger partial charge is 0.492 e. The van der Waals surface area contributed by atoms with Gasteiger partial charge in [0.1, 0.15) is 17.2 Å². The zero-order valence-corrected chi connectivity index (χ0v) is 20.4. The van der Waals surface area contributed by atoms with Crippen LogP contribution >= 0.6 is 0 Å². The lowest BCUT2D eigenvalue weighted by molar-refractivity contribution is 0.100. The maximum Gasteiger partial charge on any atom is 0.274 e. The third kappa shape index (κ3) is 5.27. The van der Waals surface area contributed by atoms with Crippen LogP contribution in [-0.4, -0.2) is 55.2 Å². The van der Waals surface area contributed by atoms with E-state index in [0.29, 0.717) is 49.5 Å². The number of carbonyl (C=O) groups is 1. The predicted molar refractivity (Wildman–Crippen MR) is 129 cm³/mol. The Morgan fingerprint density at radius 2 is 1.76 bits per heavy atom. The van der Waals surface area contributed by atoms with Crippen LogP contribution in [0.1, 0.15) is 69.6 Å². The Morgan fingerprint density at radius 3 is 2.36 bits per heavy atom. The van der Waals surface area contributed by atoms with Crippen LogP contribution in [0.4, 0.5) is 11.4 Å². The van der Waals surface area contributed by atoms with Crippen molar-refractivity contribution in [3.05, 3.63) is 29.6 Å². The lowest BCUT2D eigenvalue weighted by Gasteiger charge is -2.31. The second-order valence-corrected chi connectivity index (χ2v) is 9.55. The van der Waals surface area contributed by atoms with Crippen molar-refractivity contribution in [2.45, 2.75) is 58.9 Å². The van der Waals surface area contributed by atoms with E-state index in [-0.39, 0.29) is 11.4 Å². The lowest BCUT2D eigenvalue weighted by Crippen LogP contribution is -2.36. The van der Waals surface area contributed by atoms with Crippen LogP contribution in [0.2, 0.25) is 0 Å². The van der Waals surface area contributed by atoms with Gasteiger partial charge >= 0.3 is 0 Å². The Labute approximate surface area is 196 Å². The van der Waals surface area contributed by atoms with Crippen LogP contribution in [0.15, 0.2) is 18.2 Å². The number of benzene rings is 1. The summed E-state index contributed by atoms with van der Waals surface area (Å²) in [5.41, 5.74) is 2.80. The fourth-order valence-corrected chi connectivity index (χ4v) is 4.08. The highest BCUT2D eigenvalue weighted by Gasteiger charge is 2.31. The summed E-state index contributed by atoms with van der Waals surface area (Å²) >= 11 is 0. The van der Waals surface area contributed by atoms with Crippen LogP contribution in [0.25, 0.3) is 0 Å². The first-order valence-electron chi connectivity index (χ1n) is 12.0. The quantitative estimate of drug-likeness (QED) is 0.634. The highest BCUT2D eigenvalue weighted by atomic mass is 16.5. The number of ether oxygens (including phenoxy) is 3. The molecule has 1 aromatic carbocycles. The molecule has 0 bridgehead atoms. The van der Waals surface area contributed by atoms with Crippen molar-refractivity contribution in [3.63, 3.8) is 0 Å². The molecule has 33 heavy (non-hydrogen) atoms. The molecule has 1 aromatic heterocycles. The summed E-state index contributed by atoms with van der Waals surface area (Å²) in [6.07, 6.45) is 2.27. The zero-order chi connectivity index (χ0) is 23.6. The van der Waals surface area contributed by atoms with Gasteiger partial charge in [-0.3, -0.25) is 9.48 Å². The number of carbonyl (C=O) groups excluding carboxylic acids is 1. The van der Waals surface area contributed by atoms with Crippen molar-refractivity contribution >= 4 is 17.3 Å². The molecule has 2 fully saturated rings. The van der Waals surface area contributed by atoms with E-state index in [1.165, 1.54) is 0 Å². The summed E-state index contributed by atoms with van der Waals surface area (Å²) in [6, 6.07) is 5.77. The topological polar surface area (TPSA) is 77.8 Å². The summed E-state index contributed by atoms with van der Waals surface area (Å²) in [7, 11) is 0. The van der Waals surface area contributed by atoms with Gasteiger partial charge in [0.05, 0.1) is 49.0 Å². The number of aromatic nitrogens is 2. The summed E-state index contributed by atoms with van der Waals surface area (Å²) in [6.45, 7) is 14.0. The highest BCUT2D eigenvalue weighted by molar-refractivity contribution is 6.04. The van der Waals surface area contributed by atoms with E-state index >= 15 is 0 Å². The summed E-state index contributed by atoms with van der Waals surface area (Å²) in [5.74, 6) is 1.62. The number of amides is 1. The van der Waals surface area contributed by atoms with E-state index in [1.54, 1.807) is 0 Å². The minimum absolute atomic E-state index is 0.202. The van der Waals surface area contributed by atoms with Gasteiger partial charge in [-0.1, -0.05) is 0 Å². The maximum atomic E-state index is 13.5. The second-order valence-electron chi connectivity index (χ2n) is 9.55. The number of morpholine rings is 1. The summed E-state index contributed by atoms with van der Waals surface area (Å²) in [5, 5.41) is 7.85. The van der Waals surface area contributed by atoms with Crippen LogP contribution < -0.4 is 19.7 Å². The fraction of sp³-hybridized carbons (Fsp3) is 0.600. The van der Waals surface area contributed by atoms with Crippen molar-refractivity contribution in [1.29, 1.82) is 0 Å². The van der Waals surface area contributed by atoms with Gasteiger partial charge in [0, 0.05) is 31.1 Å². The molecule has 0 unspecified atom stereocenters. The second kappa shape index (κ2) is 9.63. The minimum Gasteiger partial charge on any atom is -0.492 e. The van der Waals surface area contributed by atoms with E-state index in [4.69, 9.17) is 19.3 Å². The molecule has 0 atom stereocenters. The predicted octanol–water partition coefficient (Wildman–Crippen LogP) is 4.40. The molecule has 180 valence electrons. The number of hydrogen-bond donors (Lipinski definition) is 1. The number of nitrogens with one attached hydrogen (secondary N) is 1. The first-order chi connectivity index (χ1) is 15.8. The Morgan fingerprint density at radius 1 is 1.09 bits per heavy atom. The van der Waals surface area contributed by atoms with E-state index < -0.39 is 0 Å².